The van der Waals surface area contributed by atoms with Gasteiger partial charge in [0.1, 0.15) is 0 Å². The lowest BCUT2D eigenvalue weighted by Gasteiger charge is -2.34. The number of likely N-dealkylation sites (tertiary alicyclic amines) is 1. The van der Waals surface area contributed by atoms with E-state index < -0.39 is 29.9 Å². The van der Waals surface area contributed by atoms with Crippen LogP contribution in [-0.2, 0) is 19.1 Å². The smallest absolute Gasteiger partial charge is 0.325 e. The van der Waals surface area contributed by atoms with Gasteiger partial charge in [-0.3, -0.25) is 19.7 Å². The summed E-state index contributed by atoms with van der Waals surface area (Å²) in [5.74, 6) is -1.48. The van der Waals surface area contributed by atoms with Crippen LogP contribution in [0.3, 0.4) is 0 Å². The summed E-state index contributed by atoms with van der Waals surface area (Å²) >= 11 is 0. The van der Waals surface area contributed by atoms with Gasteiger partial charge in [0.05, 0.1) is 5.92 Å². The highest BCUT2D eigenvalue weighted by molar-refractivity contribution is 6.02. The molecule has 0 unspecified atom stereocenters. The number of rotatable bonds is 4. The summed E-state index contributed by atoms with van der Waals surface area (Å²) in [6, 6.07) is 4.84. The van der Waals surface area contributed by atoms with Gasteiger partial charge in [-0.15, -0.1) is 0 Å². The molecular weight excluding hydrogens is 386 g/mol. The van der Waals surface area contributed by atoms with Crippen LogP contribution in [0.25, 0.3) is 0 Å². The standard InChI is InChI=1S/C22H31N3O5/c1-14-6-7-17(15(2)12-14)23-21(29)24-18(26)13-30-19(27)16-8-10-25(11-9-16)20(28)22(3,4)5/h6-7,12,16H,8-11,13H2,1-5H3,(H2,23,24,26,29). The number of esters is 1. The van der Waals surface area contributed by atoms with Gasteiger partial charge in [-0.1, -0.05) is 38.5 Å². The Morgan fingerprint density at radius 2 is 1.73 bits per heavy atom. The number of carbonyl (C=O) groups is 4. The van der Waals surface area contributed by atoms with E-state index in [-0.39, 0.29) is 11.8 Å². The van der Waals surface area contributed by atoms with Crippen LogP contribution in [0.15, 0.2) is 18.2 Å². The van der Waals surface area contributed by atoms with Crippen molar-refractivity contribution in [2.24, 2.45) is 11.3 Å². The fourth-order valence-electron chi connectivity index (χ4n) is 3.32. The van der Waals surface area contributed by atoms with E-state index in [1.807, 2.05) is 46.8 Å². The maximum absolute atomic E-state index is 12.3. The normalized spacial score (nSPS) is 14.8. The monoisotopic (exact) mass is 417 g/mol. The number of imide groups is 1. The molecule has 1 aromatic carbocycles. The number of urea groups is 1. The van der Waals surface area contributed by atoms with Crippen LogP contribution in [0.4, 0.5) is 10.5 Å². The zero-order chi connectivity index (χ0) is 22.5. The Bertz CT molecular complexity index is 821. The van der Waals surface area contributed by atoms with Crippen LogP contribution in [0.2, 0.25) is 0 Å². The summed E-state index contributed by atoms with van der Waals surface area (Å²) in [4.78, 5) is 50.2. The summed E-state index contributed by atoms with van der Waals surface area (Å²) in [5, 5.41) is 4.75. The molecule has 30 heavy (non-hydrogen) atoms. The van der Waals surface area contributed by atoms with Gasteiger partial charge in [0.15, 0.2) is 6.61 Å². The van der Waals surface area contributed by atoms with Crippen LogP contribution < -0.4 is 10.6 Å². The van der Waals surface area contributed by atoms with Gasteiger partial charge >= 0.3 is 12.0 Å². The van der Waals surface area contributed by atoms with E-state index in [4.69, 9.17) is 4.74 Å². The number of aryl methyl sites for hydroxylation is 2. The van der Waals surface area contributed by atoms with Gasteiger partial charge in [0.2, 0.25) is 5.91 Å². The molecule has 0 spiro atoms. The highest BCUT2D eigenvalue weighted by Crippen LogP contribution is 2.24. The first-order chi connectivity index (χ1) is 14.0. The second-order valence-corrected chi connectivity index (χ2v) is 8.74. The molecule has 1 fully saturated rings. The van der Waals surface area contributed by atoms with Crippen molar-refractivity contribution in [1.29, 1.82) is 0 Å². The van der Waals surface area contributed by atoms with E-state index in [1.54, 1.807) is 11.0 Å². The fraction of sp³-hybridized carbons (Fsp3) is 0.545. The molecule has 1 aliphatic rings. The zero-order valence-electron chi connectivity index (χ0n) is 18.3. The predicted molar refractivity (Wildman–Crippen MR) is 113 cm³/mol. The molecule has 0 atom stereocenters. The van der Waals surface area contributed by atoms with Crippen molar-refractivity contribution in [3.8, 4) is 0 Å². The Morgan fingerprint density at radius 1 is 1.10 bits per heavy atom. The average molecular weight is 418 g/mol. The number of benzene rings is 1. The lowest BCUT2D eigenvalue weighted by molar-refractivity contribution is -0.155. The number of anilines is 1. The Labute approximate surface area is 177 Å². The number of nitrogens with one attached hydrogen (secondary N) is 2. The molecule has 1 saturated heterocycles. The van der Waals surface area contributed by atoms with E-state index in [0.29, 0.717) is 31.6 Å². The molecule has 8 heteroatoms. The molecule has 164 valence electrons. The quantitative estimate of drug-likeness (QED) is 0.733. The summed E-state index contributed by atoms with van der Waals surface area (Å²) in [6.07, 6.45) is 0.991. The molecule has 1 aliphatic heterocycles. The third-order valence-electron chi connectivity index (χ3n) is 4.99. The molecule has 2 N–H and O–H groups in total. The SMILES string of the molecule is Cc1ccc(NC(=O)NC(=O)COC(=O)C2CCN(C(=O)C(C)(C)C)CC2)c(C)c1. The topological polar surface area (TPSA) is 105 Å². The molecule has 1 heterocycles. The zero-order valence-corrected chi connectivity index (χ0v) is 18.3. The van der Waals surface area contributed by atoms with Gasteiger partial charge < -0.3 is 15.0 Å². The first-order valence-electron chi connectivity index (χ1n) is 10.1. The lowest BCUT2D eigenvalue weighted by atomic mass is 9.91. The fourth-order valence-corrected chi connectivity index (χ4v) is 3.32. The van der Waals surface area contributed by atoms with Crippen molar-refractivity contribution in [3.63, 3.8) is 0 Å². The van der Waals surface area contributed by atoms with Crippen molar-refractivity contribution in [2.75, 3.05) is 25.0 Å². The molecule has 2 rings (SSSR count). The summed E-state index contributed by atoms with van der Waals surface area (Å²) in [5.41, 5.74) is 2.08. The van der Waals surface area contributed by atoms with E-state index >= 15 is 0 Å². The molecule has 0 aromatic heterocycles. The minimum atomic E-state index is -0.703. The summed E-state index contributed by atoms with van der Waals surface area (Å²) in [7, 11) is 0. The first kappa shape index (κ1) is 23.4. The number of nitrogens with zero attached hydrogens (tertiary/aromatic N) is 1. The van der Waals surface area contributed by atoms with E-state index in [9.17, 15) is 19.2 Å². The largest absolute Gasteiger partial charge is 0.455 e. The number of amides is 4. The third-order valence-corrected chi connectivity index (χ3v) is 4.99. The molecule has 8 nitrogen and oxygen atoms in total. The van der Waals surface area contributed by atoms with E-state index in [1.165, 1.54) is 0 Å². The maximum Gasteiger partial charge on any atom is 0.325 e. The number of hydrogen-bond donors (Lipinski definition) is 2. The average Bonchev–Trinajstić information content (AvgIpc) is 2.67. The van der Waals surface area contributed by atoms with Crippen molar-refractivity contribution < 1.29 is 23.9 Å². The van der Waals surface area contributed by atoms with Gasteiger partial charge in [-0.25, -0.2) is 4.79 Å². The van der Waals surface area contributed by atoms with E-state index in [2.05, 4.69) is 10.6 Å². The van der Waals surface area contributed by atoms with Crippen LogP contribution in [0, 0.1) is 25.2 Å². The predicted octanol–water partition coefficient (Wildman–Crippen LogP) is 2.78. The number of ether oxygens (including phenoxy) is 1. The second kappa shape index (κ2) is 9.73. The van der Waals surface area contributed by atoms with Gasteiger partial charge in [0.25, 0.3) is 5.91 Å². The Hall–Kier alpha value is -2.90. The maximum atomic E-state index is 12.3. The molecule has 0 aliphatic carbocycles. The Balaban J connectivity index is 1.73. The second-order valence-electron chi connectivity index (χ2n) is 8.74. The van der Waals surface area contributed by atoms with Crippen LogP contribution >= 0.6 is 0 Å². The molecule has 0 saturated carbocycles. The minimum Gasteiger partial charge on any atom is -0.455 e. The number of piperidine rings is 1. The molecular formula is C22H31N3O5. The highest BCUT2D eigenvalue weighted by atomic mass is 16.5. The first-order valence-corrected chi connectivity index (χ1v) is 10.1. The van der Waals surface area contributed by atoms with Crippen LogP contribution in [0.1, 0.15) is 44.7 Å². The van der Waals surface area contributed by atoms with Crippen molar-refractivity contribution >= 4 is 29.5 Å². The Morgan fingerprint density at radius 3 is 2.30 bits per heavy atom. The molecule has 4 amide bonds. The summed E-state index contributed by atoms with van der Waals surface area (Å²) < 4.78 is 5.06. The van der Waals surface area contributed by atoms with Gasteiger partial charge in [0, 0.05) is 24.2 Å². The minimum absolute atomic E-state index is 0.0588. The molecule has 1 aromatic rings. The van der Waals surface area contributed by atoms with Crippen molar-refractivity contribution in [3.05, 3.63) is 29.3 Å². The third kappa shape index (κ3) is 6.57. The molecule has 0 radical (unpaired) electrons. The molecule has 0 bridgehead atoms. The van der Waals surface area contributed by atoms with Gasteiger partial charge in [-0.05, 0) is 38.3 Å². The van der Waals surface area contributed by atoms with Crippen molar-refractivity contribution in [1.82, 2.24) is 10.2 Å². The lowest BCUT2D eigenvalue weighted by Crippen LogP contribution is -2.45. The van der Waals surface area contributed by atoms with Crippen molar-refractivity contribution in [2.45, 2.75) is 47.5 Å². The van der Waals surface area contributed by atoms with Crippen LogP contribution in [0.5, 0.6) is 0 Å². The van der Waals surface area contributed by atoms with Crippen LogP contribution in [-0.4, -0.2) is 48.4 Å². The number of hydrogen-bond acceptors (Lipinski definition) is 5. The highest BCUT2D eigenvalue weighted by Gasteiger charge is 2.33. The number of carbonyl (C=O) groups excluding carboxylic acids is 4. The Kier molecular flexibility index (Phi) is 7.59. The van der Waals surface area contributed by atoms with Gasteiger partial charge in [-0.2, -0.15) is 0 Å². The summed E-state index contributed by atoms with van der Waals surface area (Å²) in [6.45, 7) is 9.84. The van der Waals surface area contributed by atoms with E-state index in [0.717, 1.165) is 11.1 Å².